The van der Waals surface area contributed by atoms with Crippen LogP contribution >= 0.6 is 15.9 Å². The predicted molar refractivity (Wildman–Crippen MR) is 95.5 cm³/mol. The Labute approximate surface area is 140 Å². The molecule has 0 N–H and O–H groups in total. The number of piperazine rings is 1. The van der Waals surface area contributed by atoms with Gasteiger partial charge in [0.2, 0.25) is 0 Å². The minimum absolute atomic E-state index is 0.376. The van der Waals surface area contributed by atoms with Gasteiger partial charge in [-0.2, -0.15) is 0 Å². The topological polar surface area (TPSA) is 18.8 Å². The minimum atomic E-state index is 0.376. The van der Waals surface area contributed by atoms with Crippen LogP contribution in [-0.4, -0.2) is 48.7 Å². The van der Waals surface area contributed by atoms with Crippen LogP contribution in [0.4, 0.5) is 5.69 Å². The van der Waals surface area contributed by atoms with E-state index in [0.717, 1.165) is 36.3 Å². The largest absolute Gasteiger partial charge is 0.369 e. The van der Waals surface area contributed by atoms with Crippen molar-refractivity contribution in [3.8, 4) is 0 Å². The van der Waals surface area contributed by atoms with Crippen LogP contribution in [0.3, 0.4) is 0 Å². The van der Waals surface area contributed by atoms with Crippen LogP contribution in [0.25, 0.3) is 5.57 Å². The summed E-state index contributed by atoms with van der Waals surface area (Å²) in [5.74, 6) is 0.376. The molecular formula is C18H20BrN3. The summed E-state index contributed by atoms with van der Waals surface area (Å²) in [7, 11) is 2.20. The number of benzene rings is 1. The molecule has 22 heavy (non-hydrogen) atoms. The first-order valence-corrected chi connectivity index (χ1v) is 8.67. The summed E-state index contributed by atoms with van der Waals surface area (Å²) in [6.45, 7) is 6.74. The number of allylic oxidation sites excluding steroid dienone is 3. The zero-order valence-electron chi connectivity index (χ0n) is 13.0. The Morgan fingerprint density at radius 3 is 2.73 bits per heavy atom. The van der Waals surface area contributed by atoms with Gasteiger partial charge >= 0.3 is 0 Å². The van der Waals surface area contributed by atoms with Gasteiger partial charge in [-0.25, -0.2) is 0 Å². The van der Waals surface area contributed by atoms with E-state index in [1.165, 1.54) is 22.5 Å². The molecule has 2 heterocycles. The van der Waals surface area contributed by atoms with Gasteiger partial charge in [0.15, 0.2) is 0 Å². The van der Waals surface area contributed by atoms with Gasteiger partial charge in [0.05, 0.1) is 11.4 Å². The highest BCUT2D eigenvalue weighted by Crippen LogP contribution is 2.41. The SMILES string of the molecule is CC1C=C(N2CCN(C)CC2)C=C2C1=Nc1ccc(Br)cc12. The summed E-state index contributed by atoms with van der Waals surface area (Å²) >= 11 is 3.59. The van der Waals surface area contributed by atoms with E-state index < -0.39 is 0 Å². The number of hydrogen-bond acceptors (Lipinski definition) is 3. The number of halogens is 1. The summed E-state index contributed by atoms with van der Waals surface area (Å²) in [6, 6.07) is 6.37. The second-order valence-electron chi connectivity index (χ2n) is 6.39. The summed E-state index contributed by atoms with van der Waals surface area (Å²) in [6.07, 6.45) is 4.71. The number of aliphatic imine (C=N–C) groups is 1. The van der Waals surface area contributed by atoms with Gasteiger partial charge in [0.1, 0.15) is 0 Å². The zero-order valence-corrected chi connectivity index (χ0v) is 14.6. The molecule has 0 amide bonds. The van der Waals surface area contributed by atoms with E-state index in [4.69, 9.17) is 4.99 Å². The molecule has 0 radical (unpaired) electrons. The first-order valence-electron chi connectivity index (χ1n) is 7.88. The lowest BCUT2D eigenvalue weighted by molar-refractivity contribution is 0.189. The molecule has 3 nitrogen and oxygen atoms in total. The van der Waals surface area contributed by atoms with Crippen molar-refractivity contribution < 1.29 is 0 Å². The molecule has 1 fully saturated rings. The van der Waals surface area contributed by atoms with Gasteiger partial charge in [-0.15, -0.1) is 0 Å². The molecule has 1 aromatic rings. The van der Waals surface area contributed by atoms with Gasteiger partial charge in [0.25, 0.3) is 0 Å². The first-order chi connectivity index (χ1) is 10.6. The average Bonchev–Trinajstić information content (AvgIpc) is 2.87. The zero-order chi connectivity index (χ0) is 15.3. The van der Waals surface area contributed by atoms with Gasteiger partial charge in [-0.05, 0) is 31.3 Å². The van der Waals surface area contributed by atoms with Crippen molar-refractivity contribution in [1.82, 2.24) is 9.80 Å². The molecule has 0 spiro atoms. The molecule has 1 atom stereocenters. The fourth-order valence-corrected chi connectivity index (χ4v) is 3.80. The van der Waals surface area contributed by atoms with Crippen molar-refractivity contribution >= 4 is 32.9 Å². The normalized spacial score (nSPS) is 24.4. The van der Waals surface area contributed by atoms with E-state index >= 15 is 0 Å². The molecule has 2 aliphatic heterocycles. The molecule has 114 valence electrons. The molecule has 0 aromatic heterocycles. The van der Waals surface area contributed by atoms with Crippen LogP contribution in [0.1, 0.15) is 12.5 Å². The molecule has 1 aromatic carbocycles. The van der Waals surface area contributed by atoms with Crippen LogP contribution in [0.2, 0.25) is 0 Å². The fraction of sp³-hybridized carbons (Fsp3) is 0.389. The molecular weight excluding hydrogens is 338 g/mol. The van der Waals surface area contributed by atoms with Gasteiger partial charge < -0.3 is 9.80 Å². The van der Waals surface area contributed by atoms with E-state index in [-0.39, 0.29) is 0 Å². The Hall–Kier alpha value is -1.39. The van der Waals surface area contributed by atoms with Crippen LogP contribution in [-0.2, 0) is 0 Å². The van der Waals surface area contributed by atoms with Crippen molar-refractivity contribution in [2.45, 2.75) is 6.92 Å². The number of likely N-dealkylation sites (N-methyl/N-ethyl adjacent to an activating group) is 1. The van der Waals surface area contributed by atoms with E-state index in [0.29, 0.717) is 5.92 Å². The van der Waals surface area contributed by atoms with E-state index in [2.05, 4.69) is 70.1 Å². The van der Waals surface area contributed by atoms with Crippen molar-refractivity contribution in [3.63, 3.8) is 0 Å². The summed E-state index contributed by atoms with van der Waals surface area (Å²) in [5.41, 5.74) is 6.24. The highest BCUT2D eigenvalue weighted by Gasteiger charge is 2.29. The van der Waals surface area contributed by atoms with Crippen molar-refractivity contribution in [2.24, 2.45) is 10.9 Å². The summed E-state index contributed by atoms with van der Waals surface area (Å²) in [5, 5.41) is 0. The standard InChI is InChI=1S/C18H20BrN3/c1-12-9-14(22-7-5-21(2)6-8-22)11-16-15-10-13(19)3-4-17(15)20-18(12)16/h3-4,9-12H,5-8H2,1-2H3. The molecule has 0 saturated carbocycles. The van der Waals surface area contributed by atoms with Crippen molar-refractivity contribution in [2.75, 3.05) is 33.2 Å². The second kappa shape index (κ2) is 5.36. The Bertz CT molecular complexity index is 709. The summed E-state index contributed by atoms with van der Waals surface area (Å²) in [4.78, 5) is 9.75. The van der Waals surface area contributed by atoms with Gasteiger partial charge in [-0.1, -0.05) is 28.9 Å². The molecule has 1 unspecified atom stereocenters. The Balaban J connectivity index is 1.70. The maximum Gasteiger partial charge on any atom is 0.0713 e. The fourth-order valence-electron chi connectivity index (χ4n) is 3.44. The lowest BCUT2D eigenvalue weighted by atomic mass is 9.89. The maximum atomic E-state index is 4.84. The third-order valence-electron chi connectivity index (χ3n) is 4.78. The van der Waals surface area contributed by atoms with Crippen LogP contribution in [0.5, 0.6) is 0 Å². The molecule has 0 bridgehead atoms. The molecule has 3 aliphatic rings. The average molecular weight is 358 g/mol. The van der Waals surface area contributed by atoms with E-state index in [9.17, 15) is 0 Å². The number of hydrogen-bond donors (Lipinski definition) is 0. The van der Waals surface area contributed by atoms with Crippen LogP contribution in [0.15, 0.2) is 45.5 Å². The Kier molecular flexibility index (Phi) is 3.46. The van der Waals surface area contributed by atoms with Crippen LogP contribution < -0.4 is 0 Å². The first kappa shape index (κ1) is 14.2. The van der Waals surface area contributed by atoms with Gasteiger partial charge in [0, 0.05) is 53.4 Å². The van der Waals surface area contributed by atoms with E-state index in [1.807, 2.05) is 0 Å². The third-order valence-corrected chi connectivity index (χ3v) is 5.27. The molecule has 4 heteroatoms. The quantitative estimate of drug-likeness (QED) is 0.762. The smallest absolute Gasteiger partial charge is 0.0713 e. The number of rotatable bonds is 1. The van der Waals surface area contributed by atoms with Crippen molar-refractivity contribution in [1.29, 1.82) is 0 Å². The third kappa shape index (κ3) is 2.34. The van der Waals surface area contributed by atoms with Gasteiger partial charge in [-0.3, -0.25) is 4.99 Å². The van der Waals surface area contributed by atoms with Crippen molar-refractivity contribution in [3.05, 3.63) is 46.1 Å². The minimum Gasteiger partial charge on any atom is -0.369 e. The molecule has 1 saturated heterocycles. The van der Waals surface area contributed by atoms with Crippen LogP contribution in [0, 0.1) is 5.92 Å². The summed E-state index contributed by atoms with van der Waals surface area (Å²) < 4.78 is 1.12. The lowest BCUT2D eigenvalue weighted by Gasteiger charge is -2.36. The molecule has 4 rings (SSSR count). The predicted octanol–water partition coefficient (Wildman–Crippen LogP) is 3.70. The molecule has 1 aliphatic carbocycles. The number of fused-ring (bicyclic) bond motifs is 3. The van der Waals surface area contributed by atoms with E-state index in [1.54, 1.807) is 0 Å². The maximum absolute atomic E-state index is 4.84. The lowest BCUT2D eigenvalue weighted by Crippen LogP contribution is -2.44. The highest BCUT2D eigenvalue weighted by atomic mass is 79.9. The Morgan fingerprint density at radius 2 is 1.95 bits per heavy atom. The Morgan fingerprint density at radius 1 is 1.18 bits per heavy atom. The monoisotopic (exact) mass is 357 g/mol. The second-order valence-corrected chi connectivity index (χ2v) is 7.30. The number of nitrogens with zero attached hydrogens (tertiary/aromatic N) is 3. The highest BCUT2D eigenvalue weighted by molar-refractivity contribution is 9.10.